The molecule has 0 aromatic heterocycles. The number of fused-ring (bicyclic) bond motifs is 5. The molecule has 3 N–H and O–H groups in total. The van der Waals surface area contributed by atoms with Gasteiger partial charge in [-0.15, -0.1) is 0 Å². The number of nitrogens with one attached hydrogen (secondary N) is 1. The summed E-state index contributed by atoms with van der Waals surface area (Å²) in [5.41, 5.74) is -0.0268. The molecule has 10 atom stereocenters. The zero-order valence-electron chi connectivity index (χ0n) is 34.4. The normalized spacial score (nSPS) is 33.0. The minimum Gasteiger partial charge on any atom is -0.462 e. The largest absolute Gasteiger partial charge is 0.462 e. The molecule has 0 aromatic carbocycles. The molecule has 0 bridgehead atoms. The lowest BCUT2D eigenvalue weighted by atomic mass is 9.43. The van der Waals surface area contributed by atoms with Gasteiger partial charge >= 0.3 is 5.97 Å². The van der Waals surface area contributed by atoms with E-state index < -0.39 is 15.9 Å². The number of carbonyl (C=O) groups excluding carboxylic acids is 2. The maximum Gasteiger partial charge on any atom is 0.306 e. The summed E-state index contributed by atoms with van der Waals surface area (Å²) in [6, 6.07) is 0. The van der Waals surface area contributed by atoms with Crippen molar-refractivity contribution >= 4 is 22.0 Å². The van der Waals surface area contributed by atoms with E-state index in [2.05, 4.69) is 93.8 Å². The van der Waals surface area contributed by atoms with E-state index in [9.17, 15) is 23.1 Å². The Morgan fingerprint density at radius 1 is 0.836 bits per heavy atom. The number of allylic oxidation sites excluding steroid dienone is 10. The Kier molecular flexibility index (Phi) is 18.0. The summed E-state index contributed by atoms with van der Waals surface area (Å²) in [4.78, 5) is 25.2. The smallest absolute Gasteiger partial charge is 0.306 e. The van der Waals surface area contributed by atoms with Crippen LogP contribution in [0, 0.1) is 46.3 Å². The lowest BCUT2D eigenvalue weighted by molar-refractivity contribution is -0.181. The number of unbranched alkanes of at least 4 members (excludes halogenated alkanes) is 1. The van der Waals surface area contributed by atoms with Crippen molar-refractivity contribution in [3.05, 3.63) is 60.8 Å². The minimum absolute atomic E-state index is 0.00319. The third-order valence-corrected chi connectivity index (χ3v) is 14.9. The number of hydrogen-bond donors (Lipinski definition) is 3. The molecule has 1 amide bonds. The zero-order valence-corrected chi connectivity index (χ0v) is 35.2. The summed E-state index contributed by atoms with van der Waals surface area (Å²) in [5.74, 6) is 1.88. The van der Waals surface area contributed by atoms with Gasteiger partial charge in [-0.25, -0.2) is 0 Å². The molecule has 55 heavy (non-hydrogen) atoms. The van der Waals surface area contributed by atoms with Gasteiger partial charge in [-0.1, -0.05) is 88.5 Å². The minimum atomic E-state index is -4.10. The van der Waals surface area contributed by atoms with Gasteiger partial charge in [0.1, 0.15) is 6.10 Å². The van der Waals surface area contributed by atoms with Crippen molar-refractivity contribution in [2.75, 3.05) is 12.3 Å². The Morgan fingerprint density at radius 2 is 1.47 bits per heavy atom. The van der Waals surface area contributed by atoms with Gasteiger partial charge in [0.2, 0.25) is 5.91 Å². The van der Waals surface area contributed by atoms with E-state index in [0.29, 0.717) is 48.9 Å². The fourth-order valence-electron chi connectivity index (χ4n) is 11.2. The van der Waals surface area contributed by atoms with E-state index in [4.69, 9.17) is 9.29 Å². The van der Waals surface area contributed by atoms with Crippen LogP contribution in [0.3, 0.4) is 0 Å². The van der Waals surface area contributed by atoms with Crippen LogP contribution in [0.25, 0.3) is 0 Å². The number of hydrogen-bond acceptors (Lipinski definition) is 6. The average molecular weight is 784 g/mol. The van der Waals surface area contributed by atoms with Crippen LogP contribution in [0.15, 0.2) is 60.8 Å². The number of aliphatic hydroxyl groups is 1. The highest BCUT2D eigenvalue weighted by atomic mass is 32.2. The standard InChI is InChI=1S/C46H73NO7S/c1-5-6-7-8-9-10-11-12-13-14-15-16-17-18-19-20-21-22-44(50)54-37-29-30-45(3)36(33-37)24-25-38-40-27-26-39(46(40,4)42(48)34-41(38)45)35(2)23-28-43(49)47-31-32-55(51,52)53/h6-7,9-10,12-13,15-16,18-19,35-42,48H,5,8,11,14,17,20-34H2,1-4H3,(H,47,49)(H,51,52,53)/b7-6-,10-9-,13-12-,16-15-,19-18-. The lowest BCUT2D eigenvalue weighted by Crippen LogP contribution is -2.59. The van der Waals surface area contributed by atoms with Gasteiger partial charge in [0.05, 0.1) is 11.9 Å². The van der Waals surface area contributed by atoms with Crippen LogP contribution in [-0.2, 0) is 24.4 Å². The summed E-state index contributed by atoms with van der Waals surface area (Å²) in [6.45, 7) is 9.03. The summed E-state index contributed by atoms with van der Waals surface area (Å²) >= 11 is 0. The van der Waals surface area contributed by atoms with E-state index in [-0.39, 0.29) is 47.4 Å². The maximum atomic E-state index is 12.8. The van der Waals surface area contributed by atoms with E-state index in [0.717, 1.165) is 89.9 Å². The number of aliphatic hydroxyl groups excluding tert-OH is 1. The van der Waals surface area contributed by atoms with E-state index >= 15 is 0 Å². The number of amides is 1. The van der Waals surface area contributed by atoms with Gasteiger partial charge in [-0.2, -0.15) is 8.42 Å². The molecule has 0 aromatic rings. The maximum absolute atomic E-state index is 12.8. The molecule has 0 radical (unpaired) electrons. The summed E-state index contributed by atoms with van der Waals surface area (Å²) < 4.78 is 37.0. The molecule has 10 unspecified atom stereocenters. The molecule has 9 heteroatoms. The van der Waals surface area contributed by atoms with Gasteiger partial charge in [-0.3, -0.25) is 14.1 Å². The van der Waals surface area contributed by atoms with Gasteiger partial charge in [-0.05, 0) is 149 Å². The molecule has 0 heterocycles. The van der Waals surface area contributed by atoms with Crippen LogP contribution in [0.4, 0.5) is 0 Å². The molecule has 0 spiro atoms. The van der Waals surface area contributed by atoms with Crippen molar-refractivity contribution in [2.24, 2.45) is 46.3 Å². The quantitative estimate of drug-likeness (QED) is 0.0457. The first-order valence-electron chi connectivity index (χ1n) is 21.6. The van der Waals surface area contributed by atoms with E-state index in [1.807, 2.05) is 0 Å². The van der Waals surface area contributed by atoms with E-state index in [1.54, 1.807) is 0 Å². The second kappa shape index (κ2) is 21.9. The van der Waals surface area contributed by atoms with Gasteiger partial charge in [0, 0.05) is 19.4 Å². The van der Waals surface area contributed by atoms with Crippen LogP contribution in [0.5, 0.6) is 0 Å². The highest BCUT2D eigenvalue weighted by Gasteiger charge is 2.63. The third-order valence-electron chi connectivity index (χ3n) is 14.2. The Balaban J connectivity index is 1.15. The first kappa shape index (κ1) is 45.2. The molecule has 4 saturated carbocycles. The van der Waals surface area contributed by atoms with Crippen LogP contribution < -0.4 is 5.32 Å². The first-order chi connectivity index (χ1) is 26.3. The summed E-state index contributed by atoms with van der Waals surface area (Å²) in [5, 5.41) is 14.5. The van der Waals surface area contributed by atoms with Gasteiger partial charge in [0.25, 0.3) is 10.1 Å². The Morgan fingerprint density at radius 3 is 2.11 bits per heavy atom. The van der Waals surface area contributed by atoms with Crippen LogP contribution >= 0.6 is 0 Å². The second-order valence-corrected chi connectivity index (χ2v) is 19.2. The highest BCUT2D eigenvalue weighted by Crippen LogP contribution is 2.68. The summed E-state index contributed by atoms with van der Waals surface area (Å²) in [6.07, 6.45) is 37.9. The molecule has 4 rings (SSSR count). The Hall–Kier alpha value is -2.49. The molecule has 0 aliphatic heterocycles. The first-order valence-corrected chi connectivity index (χ1v) is 23.2. The third kappa shape index (κ3) is 13.0. The SMILES string of the molecule is CC/C=C\C/C=C\C/C=C\C/C=C\C/C=C\CCCC(=O)OC1CCC2(C)C(CCC3C2CC(O)C2(C)C(C(C)CCC(=O)NCCS(=O)(=O)O)CCC32)C1. The van der Waals surface area contributed by atoms with Crippen molar-refractivity contribution in [2.45, 2.75) is 155 Å². The molecule has 0 saturated heterocycles. The predicted molar refractivity (Wildman–Crippen MR) is 223 cm³/mol. The predicted octanol–water partition coefficient (Wildman–Crippen LogP) is 9.87. The molecule has 8 nitrogen and oxygen atoms in total. The van der Waals surface area contributed by atoms with Crippen molar-refractivity contribution in [1.82, 2.24) is 5.32 Å². The van der Waals surface area contributed by atoms with Crippen molar-refractivity contribution in [1.29, 1.82) is 0 Å². The molecular formula is C46H73NO7S. The highest BCUT2D eigenvalue weighted by molar-refractivity contribution is 7.85. The molecule has 4 aliphatic rings. The van der Waals surface area contributed by atoms with E-state index in [1.165, 1.54) is 6.42 Å². The fourth-order valence-corrected chi connectivity index (χ4v) is 11.6. The van der Waals surface area contributed by atoms with Gasteiger partial charge < -0.3 is 15.2 Å². The Labute approximate surface area is 333 Å². The van der Waals surface area contributed by atoms with Crippen molar-refractivity contribution < 1.29 is 32.4 Å². The Bertz CT molecular complexity index is 1480. The number of ether oxygens (including phenoxy) is 1. The van der Waals surface area contributed by atoms with Crippen LogP contribution in [-0.4, -0.2) is 54.5 Å². The van der Waals surface area contributed by atoms with Crippen molar-refractivity contribution in [3.63, 3.8) is 0 Å². The summed E-state index contributed by atoms with van der Waals surface area (Å²) in [7, 11) is -4.10. The topological polar surface area (TPSA) is 130 Å². The lowest BCUT2D eigenvalue weighted by Gasteiger charge is -2.62. The fraction of sp³-hybridized carbons (Fsp3) is 0.739. The number of carbonyl (C=O) groups is 2. The molecule has 310 valence electrons. The number of rotatable bonds is 21. The zero-order chi connectivity index (χ0) is 39.9. The monoisotopic (exact) mass is 784 g/mol. The van der Waals surface area contributed by atoms with Crippen molar-refractivity contribution in [3.8, 4) is 0 Å². The average Bonchev–Trinajstić information content (AvgIpc) is 3.50. The molecular weight excluding hydrogens is 711 g/mol. The van der Waals surface area contributed by atoms with Crippen LogP contribution in [0.1, 0.15) is 143 Å². The number of esters is 1. The van der Waals surface area contributed by atoms with Gasteiger partial charge in [0.15, 0.2) is 0 Å². The van der Waals surface area contributed by atoms with Crippen LogP contribution in [0.2, 0.25) is 0 Å². The molecule has 4 aliphatic carbocycles. The second-order valence-electron chi connectivity index (χ2n) is 17.6. The molecule has 4 fully saturated rings.